The molecule has 1 heterocycles. The fourth-order valence-corrected chi connectivity index (χ4v) is 6.41. The normalized spacial score (nSPS) is 11.6. The number of halogens is 2. The number of methoxy groups -OCH3 is 1. The van der Waals surface area contributed by atoms with Gasteiger partial charge in [-0.25, -0.2) is 9.59 Å². The minimum atomic E-state index is -1.25. The van der Waals surface area contributed by atoms with Gasteiger partial charge < -0.3 is 24.5 Å². The number of ether oxygens (including phenoxy) is 2. The van der Waals surface area contributed by atoms with E-state index >= 15 is 0 Å². The number of amides is 1. The molecule has 12 heteroatoms. The summed E-state index contributed by atoms with van der Waals surface area (Å²) in [4.78, 5) is 56.6. The van der Waals surface area contributed by atoms with Crippen LogP contribution in [0.4, 0.5) is 0 Å². The zero-order valence-electron chi connectivity index (χ0n) is 28.0. The highest BCUT2D eigenvalue weighted by atomic mass is 35.5. The van der Waals surface area contributed by atoms with Crippen LogP contribution >= 0.6 is 23.2 Å². The van der Waals surface area contributed by atoms with Crippen molar-refractivity contribution in [2.24, 2.45) is 0 Å². The lowest BCUT2D eigenvalue weighted by Crippen LogP contribution is -2.40. The molecule has 0 aliphatic rings. The predicted molar refractivity (Wildman–Crippen MR) is 198 cm³/mol. The molecule has 6 rings (SSSR count). The van der Waals surface area contributed by atoms with E-state index in [1.165, 1.54) is 18.1 Å². The summed E-state index contributed by atoms with van der Waals surface area (Å²) >= 11 is 12.2. The van der Waals surface area contributed by atoms with Crippen LogP contribution in [0, 0.1) is 0 Å². The van der Waals surface area contributed by atoms with E-state index in [-0.39, 0.29) is 41.6 Å². The van der Waals surface area contributed by atoms with E-state index in [1.54, 1.807) is 72.8 Å². The summed E-state index contributed by atoms with van der Waals surface area (Å²) in [5, 5.41) is 11.9. The zero-order chi connectivity index (χ0) is 36.6. The molecule has 0 spiro atoms. The van der Waals surface area contributed by atoms with Crippen molar-refractivity contribution in [1.82, 2.24) is 9.88 Å². The van der Waals surface area contributed by atoms with Crippen molar-refractivity contribution >= 4 is 62.9 Å². The third-order valence-corrected chi connectivity index (χ3v) is 9.20. The smallest absolute Gasteiger partial charge is 0.357 e. The maximum absolute atomic E-state index is 14.4. The molecular weight excluding hydrogens is 707 g/mol. The van der Waals surface area contributed by atoms with E-state index < -0.39 is 30.3 Å². The summed E-state index contributed by atoms with van der Waals surface area (Å²) in [7, 11) is 1.52. The van der Waals surface area contributed by atoms with Crippen LogP contribution in [0.1, 0.15) is 49.9 Å². The van der Waals surface area contributed by atoms with E-state index in [0.717, 1.165) is 27.4 Å². The number of alkyl halides is 2. The Morgan fingerprint density at radius 3 is 2.19 bits per heavy atom. The van der Waals surface area contributed by atoms with Crippen molar-refractivity contribution in [3.8, 4) is 17.2 Å². The summed E-state index contributed by atoms with van der Waals surface area (Å²) < 4.78 is 11.5. The number of nitrogens with zero attached hydrogens (tertiary/aromatic N) is 1. The minimum Gasteiger partial charge on any atom is -0.493 e. The van der Waals surface area contributed by atoms with Crippen LogP contribution in [-0.4, -0.2) is 53.1 Å². The molecule has 10 nitrogen and oxygen atoms in total. The van der Waals surface area contributed by atoms with Crippen LogP contribution in [0.15, 0.2) is 109 Å². The third-order valence-electron chi connectivity index (χ3n) is 8.59. The summed E-state index contributed by atoms with van der Waals surface area (Å²) in [5.74, 6) is -1.05. The van der Waals surface area contributed by atoms with Crippen LogP contribution < -0.4 is 14.4 Å². The van der Waals surface area contributed by atoms with Crippen molar-refractivity contribution in [3.63, 3.8) is 0 Å². The van der Waals surface area contributed by atoms with Crippen molar-refractivity contribution in [3.05, 3.63) is 137 Å². The van der Waals surface area contributed by atoms with Crippen LogP contribution in [0.3, 0.4) is 0 Å². The lowest BCUT2D eigenvalue weighted by atomic mass is 9.94. The van der Waals surface area contributed by atoms with E-state index in [0.29, 0.717) is 22.8 Å². The van der Waals surface area contributed by atoms with Crippen LogP contribution in [0.2, 0.25) is 0 Å². The number of hydrogen-bond acceptors (Lipinski definition) is 7. The molecule has 1 aromatic heterocycles. The van der Waals surface area contributed by atoms with Gasteiger partial charge in [0.2, 0.25) is 0 Å². The first kappa shape index (κ1) is 36.1. The molecule has 266 valence electrons. The molecule has 2 N–H and O–H groups in total. The predicted octanol–water partition coefficient (Wildman–Crippen LogP) is 8.70. The molecule has 1 amide bonds. The number of carbonyl (C=O) groups is 3. The quantitative estimate of drug-likeness (QED) is 0.0608. The molecule has 0 saturated heterocycles. The highest BCUT2D eigenvalue weighted by Crippen LogP contribution is 2.35. The Balaban J connectivity index is 1.36. The number of H-pyrrole nitrogens is 1. The van der Waals surface area contributed by atoms with E-state index in [9.17, 15) is 19.5 Å². The Morgan fingerprint density at radius 1 is 0.788 bits per heavy atom. The molecule has 52 heavy (non-hydrogen) atoms. The second-order valence-corrected chi connectivity index (χ2v) is 12.3. The van der Waals surface area contributed by atoms with Crippen molar-refractivity contribution in [2.75, 3.05) is 20.3 Å². The van der Waals surface area contributed by atoms with E-state index in [2.05, 4.69) is 4.98 Å². The Bertz CT molecular complexity index is 2220. The number of carboxylic acid groups (broad SMARTS) is 1. The first-order valence-electron chi connectivity index (χ1n) is 16.3. The molecule has 1 atom stereocenters. The van der Waals surface area contributed by atoms with Gasteiger partial charge >= 0.3 is 11.9 Å². The second-order valence-electron chi connectivity index (χ2n) is 11.8. The van der Waals surface area contributed by atoms with E-state index in [4.69, 9.17) is 42.5 Å². The molecule has 0 aliphatic heterocycles. The number of nitrogens with one attached hydrogen (secondary N) is 1. The number of carboxylic acids is 1. The summed E-state index contributed by atoms with van der Waals surface area (Å²) in [5.41, 5.74) is 3.41. The molecule has 0 fully saturated rings. The number of rotatable bonds is 15. The van der Waals surface area contributed by atoms with Gasteiger partial charge in [0.05, 0.1) is 42.6 Å². The number of carbonyl (C=O) groups excluding carboxylic acids is 2. The molecule has 0 aliphatic carbocycles. The molecule has 1 unspecified atom stereocenters. The number of aromatic amines is 1. The fourth-order valence-electron chi connectivity index (χ4n) is 6.07. The monoisotopic (exact) mass is 740 g/mol. The standard InChI is InChI=1S/C40H34Cl2N2O8/c1-49-34-10-4-5-11-35(34)50-20-19-44(39(46)27-16-13-25(23-41)14-17-27)33(30-21-26(24-42)15-18-28(30)40(47)48)22-37(45)52-51-36-12-6-9-32-38(36)29-7-2-3-8-31(29)43-32/h2-18,21,33,43H,19-20,22-24H2,1H3,(H,47,48). The lowest BCUT2D eigenvalue weighted by molar-refractivity contribution is -0.214. The summed E-state index contributed by atoms with van der Waals surface area (Å²) in [6, 6.07) is 30.1. The molecule has 5 aromatic carbocycles. The average Bonchev–Trinajstić information content (AvgIpc) is 3.57. The molecule has 0 radical (unpaired) electrons. The van der Waals surface area contributed by atoms with Gasteiger partial charge in [-0.2, -0.15) is 0 Å². The van der Waals surface area contributed by atoms with Gasteiger partial charge in [-0.15, -0.1) is 23.2 Å². The number of aromatic carboxylic acids is 1. The number of hydrogen-bond donors (Lipinski definition) is 2. The first-order chi connectivity index (χ1) is 25.3. The topological polar surface area (TPSA) is 127 Å². The van der Waals surface area contributed by atoms with Crippen molar-refractivity contribution in [1.29, 1.82) is 0 Å². The van der Waals surface area contributed by atoms with Crippen molar-refractivity contribution < 1.29 is 38.7 Å². The Morgan fingerprint density at radius 2 is 1.46 bits per heavy atom. The second kappa shape index (κ2) is 16.5. The van der Waals surface area contributed by atoms with E-state index in [1.807, 2.05) is 30.3 Å². The SMILES string of the molecule is COc1ccccc1OCCN(C(=O)c1ccc(CCl)cc1)C(CC(=O)OOc1cccc2[nH]c3ccccc3c12)c1cc(CCl)ccc1C(=O)O. The number of aromatic nitrogens is 1. The van der Waals surface area contributed by atoms with Gasteiger partial charge in [-0.3, -0.25) is 14.6 Å². The Labute approximate surface area is 309 Å². The summed E-state index contributed by atoms with van der Waals surface area (Å²) in [6.45, 7) is -0.0974. The van der Waals surface area contributed by atoms with Gasteiger partial charge in [-0.05, 0) is 65.2 Å². The Kier molecular flexibility index (Phi) is 11.5. The zero-order valence-corrected chi connectivity index (χ0v) is 29.5. The van der Waals surface area contributed by atoms with Crippen LogP contribution in [0.5, 0.6) is 17.2 Å². The number of benzene rings is 5. The minimum absolute atomic E-state index is 0.0336. The van der Waals surface area contributed by atoms with Gasteiger partial charge in [-0.1, -0.05) is 60.7 Å². The largest absolute Gasteiger partial charge is 0.493 e. The van der Waals surface area contributed by atoms with Gasteiger partial charge in [0.15, 0.2) is 17.2 Å². The van der Waals surface area contributed by atoms with Gasteiger partial charge in [0, 0.05) is 28.2 Å². The first-order valence-corrected chi connectivity index (χ1v) is 17.4. The van der Waals surface area contributed by atoms with Crippen LogP contribution in [-0.2, 0) is 21.4 Å². The van der Waals surface area contributed by atoms with Crippen LogP contribution in [0.25, 0.3) is 21.8 Å². The molecule has 6 aromatic rings. The maximum Gasteiger partial charge on any atom is 0.357 e. The highest BCUT2D eigenvalue weighted by Gasteiger charge is 2.33. The van der Waals surface area contributed by atoms with Crippen molar-refractivity contribution in [2.45, 2.75) is 24.2 Å². The molecule has 0 saturated carbocycles. The average molecular weight is 742 g/mol. The third kappa shape index (κ3) is 7.93. The van der Waals surface area contributed by atoms with Gasteiger partial charge in [0.25, 0.3) is 5.91 Å². The maximum atomic E-state index is 14.4. The number of fused-ring (bicyclic) bond motifs is 3. The molecule has 0 bridgehead atoms. The van der Waals surface area contributed by atoms with Gasteiger partial charge in [0.1, 0.15) is 6.61 Å². The highest BCUT2D eigenvalue weighted by molar-refractivity contribution is 6.17. The number of para-hydroxylation sites is 3. The fraction of sp³-hybridized carbons (Fsp3) is 0.175. The summed E-state index contributed by atoms with van der Waals surface area (Å²) in [6.07, 6.45) is -0.476. The Hall–Kier alpha value is -5.71. The molecular formula is C40H34Cl2N2O8. The lowest BCUT2D eigenvalue weighted by Gasteiger charge is -2.33.